The highest BCUT2D eigenvalue weighted by Gasteiger charge is 2.05. The summed E-state index contributed by atoms with van der Waals surface area (Å²) in [7, 11) is 0. The number of nitrogens with two attached hydrogens (primary N) is 1. The summed E-state index contributed by atoms with van der Waals surface area (Å²) in [4.78, 5) is 11.8. The van der Waals surface area contributed by atoms with Crippen molar-refractivity contribution in [2.45, 2.75) is 13.3 Å². The van der Waals surface area contributed by atoms with Crippen LogP contribution in [-0.2, 0) is 6.42 Å². The van der Waals surface area contributed by atoms with E-state index in [-0.39, 0.29) is 6.03 Å². The molecule has 4 nitrogen and oxygen atoms in total. The van der Waals surface area contributed by atoms with Crippen molar-refractivity contribution in [3.63, 3.8) is 0 Å². The minimum Gasteiger partial charge on any atom is -0.399 e. The quantitative estimate of drug-likeness (QED) is 0.756. The van der Waals surface area contributed by atoms with Crippen LogP contribution in [0.1, 0.15) is 11.1 Å². The number of benzene rings is 2. The van der Waals surface area contributed by atoms with Crippen LogP contribution < -0.4 is 16.4 Å². The Morgan fingerprint density at radius 1 is 1.24 bits per heavy atom. The Bertz CT molecular complexity index is 643. The molecule has 2 rings (SSSR count). The van der Waals surface area contributed by atoms with E-state index in [1.807, 2.05) is 12.1 Å². The number of carbonyl (C=O) groups excluding carboxylic acids is 1. The summed E-state index contributed by atoms with van der Waals surface area (Å²) < 4.78 is 0. The van der Waals surface area contributed by atoms with Gasteiger partial charge in [-0.2, -0.15) is 0 Å². The number of aryl methyl sites for hydroxylation is 1. The second-order valence-electron chi connectivity index (χ2n) is 4.80. The highest BCUT2D eigenvalue weighted by Crippen LogP contribution is 2.23. The van der Waals surface area contributed by atoms with Gasteiger partial charge in [-0.25, -0.2) is 4.79 Å². The summed E-state index contributed by atoms with van der Waals surface area (Å²) in [5.41, 5.74) is 9.15. The maximum atomic E-state index is 11.8. The summed E-state index contributed by atoms with van der Waals surface area (Å²) >= 11 is 6.00. The van der Waals surface area contributed by atoms with E-state index < -0.39 is 0 Å². The van der Waals surface area contributed by atoms with Crippen molar-refractivity contribution < 1.29 is 4.79 Å². The zero-order valence-electron chi connectivity index (χ0n) is 11.8. The first kappa shape index (κ1) is 15.2. The molecule has 0 radical (unpaired) electrons. The number of urea groups is 1. The first-order chi connectivity index (χ1) is 10.1. The lowest BCUT2D eigenvalue weighted by Crippen LogP contribution is -2.30. The van der Waals surface area contributed by atoms with Crippen LogP contribution in [-0.4, -0.2) is 12.6 Å². The molecule has 0 fully saturated rings. The SMILES string of the molecule is Cc1ccccc1CCNC(=O)Nc1ccc(N)cc1Cl. The van der Waals surface area contributed by atoms with Crippen LogP contribution in [0.25, 0.3) is 0 Å². The molecule has 0 heterocycles. The topological polar surface area (TPSA) is 67.2 Å². The third kappa shape index (κ3) is 4.39. The first-order valence-corrected chi connectivity index (χ1v) is 7.08. The molecule has 0 aliphatic heterocycles. The molecule has 0 bridgehead atoms. The van der Waals surface area contributed by atoms with Crippen LogP contribution in [0.15, 0.2) is 42.5 Å². The number of halogens is 1. The molecule has 2 aromatic rings. The van der Waals surface area contributed by atoms with Gasteiger partial charge in [0.15, 0.2) is 0 Å². The van der Waals surface area contributed by atoms with Gasteiger partial charge in [-0.3, -0.25) is 0 Å². The Labute approximate surface area is 129 Å². The van der Waals surface area contributed by atoms with Crippen LogP contribution in [0, 0.1) is 6.92 Å². The fourth-order valence-corrected chi connectivity index (χ4v) is 2.24. The minimum atomic E-state index is -0.282. The number of hydrogen-bond donors (Lipinski definition) is 3. The maximum absolute atomic E-state index is 11.8. The second-order valence-corrected chi connectivity index (χ2v) is 5.20. The summed E-state index contributed by atoms with van der Waals surface area (Å²) in [6.07, 6.45) is 0.787. The van der Waals surface area contributed by atoms with Crippen LogP contribution in [0.4, 0.5) is 16.2 Å². The molecule has 21 heavy (non-hydrogen) atoms. The summed E-state index contributed by atoms with van der Waals surface area (Å²) in [5, 5.41) is 5.93. The van der Waals surface area contributed by atoms with Gasteiger partial charge in [-0.15, -0.1) is 0 Å². The predicted octanol–water partition coefficient (Wildman–Crippen LogP) is 3.59. The van der Waals surface area contributed by atoms with Gasteiger partial charge < -0.3 is 16.4 Å². The van der Waals surface area contributed by atoms with E-state index in [0.29, 0.717) is 22.9 Å². The van der Waals surface area contributed by atoms with Crippen molar-refractivity contribution in [2.24, 2.45) is 0 Å². The number of amides is 2. The molecule has 0 aliphatic carbocycles. The normalized spacial score (nSPS) is 10.2. The molecule has 110 valence electrons. The third-order valence-corrected chi connectivity index (χ3v) is 3.50. The van der Waals surface area contributed by atoms with Crippen molar-refractivity contribution in [2.75, 3.05) is 17.6 Å². The number of anilines is 2. The molecule has 0 aliphatic rings. The van der Waals surface area contributed by atoms with E-state index in [4.69, 9.17) is 17.3 Å². The van der Waals surface area contributed by atoms with Gasteiger partial charge in [0.1, 0.15) is 0 Å². The van der Waals surface area contributed by atoms with E-state index in [0.717, 1.165) is 6.42 Å². The molecule has 0 saturated heterocycles. The minimum absolute atomic E-state index is 0.282. The molecule has 2 amide bonds. The lowest BCUT2D eigenvalue weighted by Gasteiger charge is -2.10. The van der Waals surface area contributed by atoms with Crippen LogP contribution in [0.2, 0.25) is 5.02 Å². The van der Waals surface area contributed by atoms with E-state index >= 15 is 0 Å². The van der Waals surface area contributed by atoms with E-state index in [2.05, 4.69) is 29.7 Å². The number of nitrogens with one attached hydrogen (secondary N) is 2. The van der Waals surface area contributed by atoms with Crippen molar-refractivity contribution in [3.05, 3.63) is 58.6 Å². The molecular formula is C16H18ClN3O. The number of carbonyl (C=O) groups is 1. The van der Waals surface area contributed by atoms with Gasteiger partial charge in [-0.05, 0) is 42.7 Å². The molecule has 0 atom stereocenters. The smallest absolute Gasteiger partial charge is 0.319 e. The Morgan fingerprint density at radius 3 is 2.71 bits per heavy atom. The standard InChI is InChI=1S/C16H18ClN3O/c1-11-4-2-3-5-12(11)8-9-19-16(21)20-15-7-6-13(18)10-14(15)17/h2-7,10H,8-9,18H2,1H3,(H2,19,20,21). The number of hydrogen-bond acceptors (Lipinski definition) is 2. The molecule has 5 heteroatoms. The molecule has 0 saturated carbocycles. The third-order valence-electron chi connectivity index (χ3n) is 3.18. The molecule has 0 spiro atoms. The number of rotatable bonds is 4. The highest BCUT2D eigenvalue weighted by molar-refractivity contribution is 6.34. The Kier molecular flexibility index (Phi) is 5.06. The molecule has 0 aromatic heterocycles. The van der Waals surface area contributed by atoms with Gasteiger partial charge in [0.25, 0.3) is 0 Å². The fourth-order valence-electron chi connectivity index (χ4n) is 2.00. The van der Waals surface area contributed by atoms with Crippen LogP contribution in [0.5, 0.6) is 0 Å². The molecule has 4 N–H and O–H groups in total. The van der Waals surface area contributed by atoms with Crippen molar-refractivity contribution >= 4 is 29.0 Å². The average Bonchev–Trinajstić information content (AvgIpc) is 2.44. The van der Waals surface area contributed by atoms with Crippen molar-refractivity contribution in [1.29, 1.82) is 0 Å². The van der Waals surface area contributed by atoms with Gasteiger partial charge >= 0.3 is 6.03 Å². The molecule has 0 unspecified atom stereocenters. The molecular weight excluding hydrogens is 286 g/mol. The Balaban J connectivity index is 1.84. The summed E-state index contributed by atoms with van der Waals surface area (Å²) in [6, 6.07) is 12.8. The first-order valence-electron chi connectivity index (χ1n) is 6.70. The zero-order valence-corrected chi connectivity index (χ0v) is 12.6. The molecule has 2 aromatic carbocycles. The number of nitrogen functional groups attached to an aromatic ring is 1. The van der Waals surface area contributed by atoms with E-state index in [1.165, 1.54) is 11.1 Å². The van der Waals surface area contributed by atoms with Crippen LogP contribution >= 0.6 is 11.6 Å². The highest BCUT2D eigenvalue weighted by atomic mass is 35.5. The fraction of sp³-hybridized carbons (Fsp3) is 0.188. The van der Waals surface area contributed by atoms with Gasteiger partial charge in [-0.1, -0.05) is 35.9 Å². The lowest BCUT2D eigenvalue weighted by atomic mass is 10.1. The maximum Gasteiger partial charge on any atom is 0.319 e. The van der Waals surface area contributed by atoms with Gasteiger partial charge in [0.05, 0.1) is 10.7 Å². The second kappa shape index (κ2) is 6.99. The Hall–Kier alpha value is -2.20. The Morgan fingerprint density at radius 2 is 2.00 bits per heavy atom. The summed E-state index contributed by atoms with van der Waals surface area (Å²) in [5.74, 6) is 0. The lowest BCUT2D eigenvalue weighted by molar-refractivity contribution is 0.252. The van der Waals surface area contributed by atoms with E-state index in [9.17, 15) is 4.79 Å². The monoisotopic (exact) mass is 303 g/mol. The van der Waals surface area contributed by atoms with Crippen molar-refractivity contribution in [3.8, 4) is 0 Å². The van der Waals surface area contributed by atoms with Crippen LogP contribution in [0.3, 0.4) is 0 Å². The van der Waals surface area contributed by atoms with Crippen molar-refractivity contribution in [1.82, 2.24) is 5.32 Å². The van der Waals surface area contributed by atoms with Gasteiger partial charge in [0.2, 0.25) is 0 Å². The van der Waals surface area contributed by atoms with E-state index in [1.54, 1.807) is 18.2 Å². The predicted molar refractivity (Wildman–Crippen MR) is 87.8 cm³/mol. The largest absolute Gasteiger partial charge is 0.399 e. The zero-order chi connectivity index (χ0) is 15.2. The van der Waals surface area contributed by atoms with Gasteiger partial charge in [0, 0.05) is 12.2 Å². The summed E-state index contributed by atoms with van der Waals surface area (Å²) in [6.45, 7) is 2.62. The average molecular weight is 304 g/mol.